The summed E-state index contributed by atoms with van der Waals surface area (Å²) >= 11 is 0. The topological polar surface area (TPSA) is 40.5 Å². The number of rotatable bonds is 3. The van der Waals surface area contributed by atoms with Gasteiger partial charge in [0.1, 0.15) is 5.75 Å². The first-order chi connectivity index (χ1) is 15.0. The van der Waals surface area contributed by atoms with Crippen LogP contribution in [0.2, 0.25) is 0 Å². The molecule has 1 saturated heterocycles. The summed E-state index contributed by atoms with van der Waals surface area (Å²) in [5, 5.41) is 8.76. The summed E-state index contributed by atoms with van der Waals surface area (Å²) in [4.78, 5) is 15.3. The van der Waals surface area contributed by atoms with Crippen molar-refractivity contribution in [2.45, 2.75) is 52.0 Å². The minimum absolute atomic E-state index is 0.329. The highest BCUT2D eigenvalue weighted by atomic mass is 16.3. The molecule has 3 fully saturated rings. The Kier molecular flexibility index (Phi) is 6.92. The first-order valence-corrected chi connectivity index (χ1v) is 11.8. The van der Waals surface area contributed by atoms with Crippen molar-refractivity contribution in [3.63, 3.8) is 0 Å². The lowest BCUT2D eigenvalue weighted by Crippen LogP contribution is -2.50. The number of hydrogen-bond acceptors (Lipinski definition) is 3. The molecule has 0 radical (unpaired) electrons. The molecule has 1 aliphatic heterocycles. The molecule has 5 rings (SSSR count). The Balaban J connectivity index is 0.000000245. The fourth-order valence-corrected chi connectivity index (χ4v) is 5.07. The number of allylic oxidation sites excluding steroid dienone is 1. The third kappa shape index (κ3) is 5.86. The number of aryl methyl sites for hydroxylation is 1. The summed E-state index contributed by atoms with van der Waals surface area (Å²) in [6.07, 6.45) is 7.94. The van der Waals surface area contributed by atoms with Crippen molar-refractivity contribution in [3.05, 3.63) is 71.3 Å². The standard InChI is InChI=1S/C21H27NO.C7H8O/c1-15-20-12-19(11-16-5-3-2-4-6-16)21(23)13-18(20)9-10-22(15)14-17-7-8-17;1-6-2-4-7(8)5-3-6/h2-6,11,15,17-18,20H,7-10,12-14H2,1H3;2-5,8H,1H3/b19-11+;/t15-,18?,20?;/m1./s1. The van der Waals surface area contributed by atoms with Gasteiger partial charge in [0.15, 0.2) is 5.78 Å². The molecule has 0 bridgehead atoms. The Morgan fingerprint density at radius 3 is 2.35 bits per heavy atom. The number of ketones is 1. The molecule has 3 heteroatoms. The van der Waals surface area contributed by atoms with Crippen LogP contribution < -0.4 is 0 Å². The van der Waals surface area contributed by atoms with Gasteiger partial charge in [-0.3, -0.25) is 4.79 Å². The maximum atomic E-state index is 12.5. The number of Topliss-reactive ketones (excluding diaryl/α,β-unsaturated/α-hetero) is 1. The first-order valence-electron chi connectivity index (χ1n) is 11.8. The number of benzene rings is 2. The fraction of sp³-hybridized carbons (Fsp3) is 0.464. The van der Waals surface area contributed by atoms with E-state index in [1.54, 1.807) is 12.1 Å². The van der Waals surface area contributed by atoms with Crippen LogP contribution in [0.25, 0.3) is 6.08 Å². The van der Waals surface area contributed by atoms with E-state index in [4.69, 9.17) is 5.11 Å². The van der Waals surface area contributed by atoms with Crippen LogP contribution in [0.3, 0.4) is 0 Å². The van der Waals surface area contributed by atoms with Gasteiger partial charge in [-0.1, -0.05) is 48.0 Å². The van der Waals surface area contributed by atoms with Gasteiger partial charge >= 0.3 is 0 Å². The molecule has 1 heterocycles. The zero-order chi connectivity index (χ0) is 21.8. The van der Waals surface area contributed by atoms with E-state index in [-0.39, 0.29) is 0 Å². The predicted octanol–water partition coefficient (Wildman–Crippen LogP) is 5.87. The van der Waals surface area contributed by atoms with Crippen molar-refractivity contribution in [2.24, 2.45) is 17.8 Å². The quantitative estimate of drug-likeness (QED) is 0.635. The van der Waals surface area contributed by atoms with Crippen molar-refractivity contribution in [2.75, 3.05) is 13.1 Å². The zero-order valence-electron chi connectivity index (χ0n) is 18.8. The van der Waals surface area contributed by atoms with E-state index in [0.29, 0.717) is 29.4 Å². The van der Waals surface area contributed by atoms with Crippen LogP contribution in [0.15, 0.2) is 60.2 Å². The number of phenolic OH excluding ortho intramolecular Hbond substituents is 1. The minimum Gasteiger partial charge on any atom is -0.508 e. The third-order valence-electron chi connectivity index (χ3n) is 7.21. The number of phenols is 1. The highest BCUT2D eigenvalue weighted by Gasteiger charge is 2.41. The van der Waals surface area contributed by atoms with Gasteiger partial charge in [0.25, 0.3) is 0 Å². The second-order valence-electron chi connectivity index (χ2n) is 9.64. The Morgan fingerprint density at radius 2 is 1.71 bits per heavy atom. The zero-order valence-corrected chi connectivity index (χ0v) is 18.8. The number of likely N-dealkylation sites (tertiary alicyclic amines) is 1. The second kappa shape index (κ2) is 9.82. The van der Waals surface area contributed by atoms with Crippen LogP contribution in [0.1, 0.15) is 50.2 Å². The van der Waals surface area contributed by atoms with Crippen molar-refractivity contribution in [1.82, 2.24) is 4.90 Å². The number of fused-ring (bicyclic) bond motifs is 1. The average molecular weight is 418 g/mol. The highest BCUT2D eigenvalue weighted by Crippen LogP contribution is 2.42. The Morgan fingerprint density at radius 1 is 1.00 bits per heavy atom. The molecule has 2 aromatic carbocycles. The molecular weight excluding hydrogens is 382 g/mol. The van der Waals surface area contributed by atoms with E-state index in [1.165, 1.54) is 37.9 Å². The summed E-state index contributed by atoms with van der Waals surface area (Å²) in [6, 6.07) is 18.0. The summed E-state index contributed by atoms with van der Waals surface area (Å²) in [7, 11) is 0. The van der Waals surface area contributed by atoms with Gasteiger partial charge in [-0.15, -0.1) is 0 Å². The number of hydrogen-bond donors (Lipinski definition) is 1. The van der Waals surface area contributed by atoms with E-state index in [1.807, 2.05) is 37.3 Å². The van der Waals surface area contributed by atoms with Crippen LogP contribution >= 0.6 is 0 Å². The Bertz CT molecular complexity index is 877. The lowest BCUT2D eigenvalue weighted by Gasteiger charge is -2.46. The molecule has 3 nitrogen and oxygen atoms in total. The fourth-order valence-electron chi connectivity index (χ4n) is 5.07. The van der Waals surface area contributed by atoms with Crippen molar-refractivity contribution in [3.8, 4) is 5.75 Å². The van der Waals surface area contributed by atoms with Crippen molar-refractivity contribution < 1.29 is 9.90 Å². The van der Waals surface area contributed by atoms with Gasteiger partial charge in [-0.25, -0.2) is 0 Å². The Hall–Kier alpha value is -2.39. The van der Waals surface area contributed by atoms with Gasteiger partial charge in [0.2, 0.25) is 0 Å². The largest absolute Gasteiger partial charge is 0.508 e. The van der Waals surface area contributed by atoms with Gasteiger partial charge in [0.05, 0.1) is 0 Å². The van der Waals surface area contributed by atoms with Gasteiger partial charge in [0, 0.05) is 19.0 Å². The van der Waals surface area contributed by atoms with E-state index in [9.17, 15) is 4.79 Å². The summed E-state index contributed by atoms with van der Waals surface area (Å²) in [5.74, 6) is 2.95. The van der Waals surface area contributed by atoms with Crippen molar-refractivity contribution >= 4 is 11.9 Å². The van der Waals surface area contributed by atoms with Crippen LogP contribution in [0, 0.1) is 24.7 Å². The van der Waals surface area contributed by atoms with Crippen LogP contribution in [-0.2, 0) is 4.79 Å². The number of aromatic hydroxyl groups is 1. The minimum atomic E-state index is 0.329. The third-order valence-corrected chi connectivity index (χ3v) is 7.21. The summed E-state index contributed by atoms with van der Waals surface area (Å²) < 4.78 is 0. The molecule has 2 saturated carbocycles. The van der Waals surface area contributed by atoms with E-state index < -0.39 is 0 Å². The summed E-state index contributed by atoms with van der Waals surface area (Å²) in [6.45, 7) is 6.87. The van der Waals surface area contributed by atoms with E-state index >= 15 is 0 Å². The molecule has 0 amide bonds. The van der Waals surface area contributed by atoms with Gasteiger partial charge in [-0.2, -0.15) is 0 Å². The lowest BCUT2D eigenvalue weighted by molar-refractivity contribution is -0.120. The molecule has 0 aromatic heterocycles. The Labute approximate surface area is 186 Å². The van der Waals surface area contributed by atoms with E-state index in [2.05, 4.69) is 30.0 Å². The molecule has 164 valence electrons. The molecule has 2 aromatic rings. The number of piperidine rings is 1. The van der Waals surface area contributed by atoms with Crippen LogP contribution in [-0.4, -0.2) is 34.9 Å². The van der Waals surface area contributed by atoms with Gasteiger partial charge in [-0.05, 0) is 93.2 Å². The molecule has 3 atom stereocenters. The van der Waals surface area contributed by atoms with E-state index in [0.717, 1.165) is 29.9 Å². The van der Waals surface area contributed by atoms with Crippen LogP contribution in [0.5, 0.6) is 5.75 Å². The second-order valence-corrected chi connectivity index (χ2v) is 9.64. The monoisotopic (exact) mass is 417 g/mol. The van der Waals surface area contributed by atoms with Gasteiger partial charge < -0.3 is 10.0 Å². The van der Waals surface area contributed by atoms with Crippen LogP contribution in [0.4, 0.5) is 0 Å². The summed E-state index contributed by atoms with van der Waals surface area (Å²) in [5.41, 5.74) is 3.38. The molecule has 2 aliphatic carbocycles. The normalized spacial score (nSPS) is 27.4. The lowest BCUT2D eigenvalue weighted by atomic mass is 9.69. The first kappa shape index (κ1) is 21.8. The SMILES string of the molecule is C[C@@H]1C2C/C(=C\c3ccccc3)C(=O)CC2CCN1CC1CC1.Cc1ccc(O)cc1. The molecule has 0 spiro atoms. The number of carbonyl (C=O) groups is 1. The average Bonchev–Trinajstić information content (AvgIpc) is 3.59. The molecule has 3 aliphatic rings. The molecule has 31 heavy (non-hydrogen) atoms. The molecule has 2 unspecified atom stereocenters. The number of nitrogens with zero attached hydrogens (tertiary/aromatic N) is 1. The molecular formula is C28H35NO2. The maximum Gasteiger partial charge on any atom is 0.159 e. The van der Waals surface area contributed by atoms with Crippen molar-refractivity contribution in [1.29, 1.82) is 0 Å². The molecule has 1 N–H and O–H groups in total. The smallest absolute Gasteiger partial charge is 0.159 e. The highest BCUT2D eigenvalue weighted by molar-refractivity contribution is 6.00. The maximum absolute atomic E-state index is 12.5. The predicted molar refractivity (Wildman–Crippen MR) is 127 cm³/mol. The number of carbonyl (C=O) groups excluding carboxylic acids is 1.